The Bertz CT molecular complexity index is 1320. The van der Waals surface area contributed by atoms with Crippen LogP contribution in [0.3, 0.4) is 0 Å². The van der Waals surface area contributed by atoms with Crippen LogP contribution in [0.4, 0.5) is 17.6 Å². The molecule has 0 radical (unpaired) electrons. The molecule has 4 rings (SSSR count). The van der Waals surface area contributed by atoms with Gasteiger partial charge in [0.1, 0.15) is 11.4 Å². The highest BCUT2D eigenvalue weighted by atomic mass is 19.4. The molecule has 0 aliphatic carbocycles. The van der Waals surface area contributed by atoms with Crippen LogP contribution >= 0.6 is 0 Å². The average molecular weight is 450 g/mol. The fourth-order valence-corrected chi connectivity index (χ4v) is 3.28. The van der Waals surface area contributed by atoms with Gasteiger partial charge in [0.2, 0.25) is 0 Å². The number of pyridine rings is 1. The number of halogens is 4. The summed E-state index contributed by atoms with van der Waals surface area (Å²) in [6.45, 7) is -0.131. The van der Waals surface area contributed by atoms with Crippen molar-refractivity contribution >= 4 is 17.4 Å². The highest BCUT2D eigenvalue weighted by Gasteiger charge is 2.39. The first kappa shape index (κ1) is 22.0. The van der Waals surface area contributed by atoms with Crippen LogP contribution in [0.1, 0.15) is 22.4 Å². The molecule has 0 N–H and O–H groups in total. The predicted molar refractivity (Wildman–Crippen MR) is 111 cm³/mol. The van der Waals surface area contributed by atoms with Gasteiger partial charge in [0.05, 0.1) is 23.4 Å². The van der Waals surface area contributed by atoms with Crippen molar-refractivity contribution in [3.63, 3.8) is 0 Å². The quantitative estimate of drug-likeness (QED) is 0.333. The van der Waals surface area contributed by atoms with E-state index in [0.29, 0.717) is 5.69 Å². The molecule has 1 aliphatic rings. The summed E-state index contributed by atoms with van der Waals surface area (Å²) in [6, 6.07) is 14.3. The summed E-state index contributed by atoms with van der Waals surface area (Å²) in [5.74, 6) is 3.35. The molecule has 2 aromatic carbocycles. The maximum atomic E-state index is 13.5. The topological polar surface area (TPSA) is 50.3 Å². The van der Waals surface area contributed by atoms with Crippen LogP contribution in [0.5, 0.6) is 0 Å². The lowest BCUT2D eigenvalue weighted by Crippen LogP contribution is -2.31. The van der Waals surface area contributed by atoms with Crippen molar-refractivity contribution in [3.05, 3.63) is 107 Å². The SMILES string of the molecule is O=C1C(C#Cc2cccc(F)c2)=C(c2ccc(C(F)(F)F)cc2)C(=O)N1Cc1ccccn1. The van der Waals surface area contributed by atoms with E-state index in [0.717, 1.165) is 35.2 Å². The summed E-state index contributed by atoms with van der Waals surface area (Å²) in [4.78, 5) is 31.3. The van der Waals surface area contributed by atoms with Gasteiger partial charge < -0.3 is 0 Å². The molecule has 0 spiro atoms. The lowest BCUT2D eigenvalue weighted by atomic mass is 10.00. The number of alkyl halides is 3. The maximum absolute atomic E-state index is 13.5. The van der Waals surface area contributed by atoms with E-state index in [1.165, 1.54) is 24.4 Å². The molecule has 0 saturated carbocycles. The molecule has 164 valence electrons. The Morgan fingerprint density at radius 2 is 1.64 bits per heavy atom. The summed E-state index contributed by atoms with van der Waals surface area (Å²) in [6.07, 6.45) is -3.04. The van der Waals surface area contributed by atoms with E-state index in [-0.39, 0.29) is 28.8 Å². The molecule has 0 unspecified atom stereocenters. The van der Waals surface area contributed by atoms with Gasteiger partial charge >= 0.3 is 6.18 Å². The maximum Gasteiger partial charge on any atom is 0.416 e. The number of benzene rings is 2. The van der Waals surface area contributed by atoms with Crippen molar-refractivity contribution in [2.45, 2.75) is 12.7 Å². The van der Waals surface area contributed by atoms with Gasteiger partial charge in [-0.3, -0.25) is 19.5 Å². The number of nitrogens with zero attached hydrogens (tertiary/aromatic N) is 2. The standard InChI is InChI=1S/C25H14F4N2O2/c26-19-5-3-4-16(14-19)7-12-21-22(17-8-10-18(11-9-17)25(27,28)29)24(33)31(23(21)32)15-20-6-1-2-13-30-20/h1-6,8-11,13-14H,15H2. The Labute approximate surface area is 186 Å². The summed E-state index contributed by atoms with van der Waals surface area (Å²) >= 11 is 0. The van der Waals surface area contributed by atoms with Crippen LogP contribution in [0, 0.1) is 17.7 Å². The third-order valence-corrected chi connectivity index (χ3v) is 4.87. The lowest BCUT2D eigenvalue weighted by Gasteiger charge is -2.14. The molecule has 0 atom stereocenters. The molecule has 1 aromatic heterocycles. The van der Waals surface area contributed by atoms with Gasteiger partial charge in [-0.25, -0.2) is 4.39 Å². The summed E-state index contributed by atoms with van der Waals surface area (Å²) in [5, 5.41) is 0. The third kappa shape index (κ3) is 4.67. The highest BCUT2D eigenvalue weighted by Crippen LogP contribution is 2.33. The molecule has 0 bridgehead atoms. The predicted octanol–water partition coefficient (Wildman–Crippen LogP) is 4.61. The number of imide groups is 1. The van der Waals surface area contributed by atoms with Crippen LogP contribution in [-0.2, 0) is 22.3 Å². The van der Waals surface area contributed by atoms with Crippen molar-refractivity contribution < 1.29 is 27.2 Å². The van der Waals surface area contributed by atoms with E-state index < -0.39 is 29.4 Å². The van der Waals surface area contributed by atoms with Crippen LogP contribution in [0.25, 0.3) is 5.57 Å². The van der Waals surface area contributed by atoms with Crippen LogP contribution in [0.15, 0.2) is 78.5 Å². The Balaban J connectivity index is 1.77. The third-order valence-electron chi connectivity index (χ3n) is 4.87. The molecule has 0 fully saturated rings. The molecule has 1 aliphatic heterocycles. The van der Waals surface area contributed by atoms with Crippen molar-refractivity contribution in [3.8, 4) is 11.8 Å². The van der Waals surface area contributed by atoms with Gasteiger partial charge in [-0.1, -0.05) is 36.1 Å². The van der Waals surface area contributed by atoms with Crippen LogP contribution < -0.4 is 0 Å². The fourth-order valence-electron chi connectivity index (χ4n) is 3.28. The Morgan fingerprint density at radius 3 is 2.27 bits per heavy atom. The Morgan fingerprint density at radius 1 is 0.879 bits per heavy atom. The molecule has 2 heterocycles. The van der Waals surface area contributed by atoms with Gasteiger partial charge in [0, 0.05) is 11.8 Å². The zero-order chi connectivity index (χ0) is 23.6. The minimum atomic E-state index is -4.55. The number of aromatic nitrogens is 1. The van der Waals surface area contributed by atoms with Crippen LogP contribution in [-0.4, -0.2) is 21.7 Å². The number of carbonyl (C=O) groups excluding carboxylic acids is 2. The molecule has 33 heavy (non-hydrogen) atoms. The second-order valence-corrected chi connectivity index (χ2v) is 7.10. The Hall–Kier alpha value is -4.25. The average Bonchev–Trinajstić information content (AvgIpc) is 3.02. The van der Waals surface area contributed by atoms with Crippen LogP contribution in [0.2, 0.25) is 0 Å². The van der Waals surface area contributed by atoms with Gasteiger partial charge in [0.25, 0.3) is 11.8 Å². The number of rotatable bonds is 3. The van der Waals surface area contributed by atoms with Crippen molar-refractivity contribution in [2.24, 2.45) is 0 Å². The molecule has 4 nitrogen and oxygen atoms in total. The highest BCUT2D eigenvalue weighted by molar-refractivity contribution is 6.37. The van der Waals surface area contributed by atoms with Crippen molar-refractivity contribution in [1.82, 2.24) is 9.88 Å². The Kier molecular flexibility index (Phi) is 5.80. The van der Waals surface area contributed by atoms with Crippen molar-refractivity contribution in [1.29, 1.82) is 0 Å². The minimum absolute atomic E-state index is 0.117. The van der Waals surface area contributed by atoms with E-state index in [2.05, 4.69) is 16.8 Å². The second kappa shape index (κ2) is 8.71. The van der Waals surface area contributed by atoms with Crippen molar-refractivity contribution in [2.75, 3.05) is 0 Å². The number of hydrogen-bond acceptors (Lipinski definition) is 3. The first-order valence-electron chi connectivity index (χ1n) is 9.69. The molecule has 8 heteroatoms. The second-order valence-electron chi connectivity index (χ2n) is 7.10. The van der Waals surface area contributed by atoms with Gasteiger partial charge in [-0.15, -0.1) is 0 Å². The largest absolute Gasteiger partial charge is 0.416 e. The number of amides is 2. The first-order valence-corrected chi connectivity index (χ1v) is 9.69. The lowest BCUT2D eigenvalue weighted by molar-refractivity contribution is -0.138. The number of hydrogen-bond donors (Lipinski definition) is 0. The normalized spacial score (nSPS) is 13.9. The molecule has 3 aromatic rings. The first-order chi connectivity index (χ1) is 15.7. The monoisotopic (exact) mass is 450 g/mol. The molecule has 2 amide bonds. The van der Waals surface area contributed by atoms with E-state index in [9.17, 15) is 27.2 Å². The van der Waals surface area contributed by atoms with E-state index in [1.54, 1.807) is 18.2 Å². The molecular formula is C25H14F4N2O2. The fraction of sp³-hybridized carbons (Fsp3) is 0.0800. The van der Waals surface area contributed by atoms with Gasteiger partial charge in [-0.05, 0) is 48.0 Å². The molecule has 0 saturated heterocycles. The minimum Gasteiger partial charge on any atom is -0.269 e. The summed E-state index contributed by atoms with van der Waals surface area (Å²) < 4.78 is 52.3. The zero-order valence-corrected chi connectivity index (χ0v) is 16.9. The van der Waals surface area contributed by atoms with E-state index in [4.69, 9.17) is 0 Å². The number of carbonyl (C=O) groups is 2. The molecular weight excluding hydrogens is 436 g/mol. The smallest absolute Gasteiger partial charge is 0.269 e. The van der Waals surface area contributed by atoms with Gasteiger partial charge in [-0.2, -0.15) is 13.2 Å². The van der Waals surface area contributed by atoms with Gasteiger partial charge in [0.15, 0.2) is 0 Å². The zero-order valence-electron chi connectivity index (χ0n) is 16.9. The van der Waals surface area contributed by atoms with E-state index >= 15 is 0 Å². The van der Waals surface area contributed by atoms with E-state index in [1.807, 2.05) is 0 Å². The summed E-state index contributed by atoms with van der Waals surface area (Å²) in [5.41, 5.74) is -0.341. The summed E-state index contributed by atoms with van der Waals surface area (Å²) in [7, 11) is 0.